The fourth-order valence-electron chi connectivity index (χ4n) is 3.12. The highest BCUT2D eigenvalue weighted by atomic mass is 19.4. The van der Waals surface area contributed by atoms with Crippen LogP contribution in [0.2, 0.25) is 0 Å². The van der Waals surface area contributed by atoms with Crippen LogP contribution in [0.25, 0.3) is 11.2 Å². The highest BCUT2D eigenvalue weighted by Crippen LogP contribution is 2.34. The first-order valence-corrected chi connectivity index (χ1v) is 9.94. The van der Waals surface area contributed by atoms with Gasteiger partial charge in [-0.1, -0.05) is 13.8 Å². The number of halogens is 3. The van der Waals surface area contributed by atoms with Crippen LogP contribution in [0.5, 0.6) is 0 Å². The molecule has 15 heteroatoms. The Morgan fingerprint density at radius 3 is 2.67 bits per heavy atom. The van der Waals surface area contributed by atoms with Crippen LogP contribution in [0.3, 0.4) is 0 Å². The molecule has 1 saturated heterocycles. The molecule has 33 heavy (non-hydrogen) atoms. The highest BCUT2D eigenvalue weighted by molar-refractivity contribution is 5.97. The summed E-state index contributed by atoms with van der Waals surface area (Å²) < 4.78 is 49.4. The van der Waals surface area contributed by atoms with E-state index in [0.29, 0.717) is 0 Å². The van der Waals surface area contributed by atoms with Crippen molar-refractivity contribution in [1.82, 2.24) is 24.8 Å². The average molecular weight is 476 g/mol. The molecule has 2 aromatic rings. The Labute approximate surface area is 185 Å². The van der Waals surface area contributed by atoms with Gasteiger partial charge in [0.15, 0.2) is 23.2 Å². The summed E-state index contributed by atoms with van der Waals surface area (Å²) in [4.78, 5) is 35.3. The van der Waals surface area contributed by atoms with E-state index in [0.717, 1.165) is 0 Å². The van der Waals surface area contributed by atoms with E-state index >= 15 is 0 Å². The van der Waals surface area contributed by atoms with Crippen LogP contribution in [-0.4, -0.2) is 85.8 Å². The first kappa shape index (κ1) is 24.8. The molecule has 2 aromatic heterocycles. The average Bonchev–Trinajstić information content (AvgIpc) is 3.31. The lowest BCUT2D eigenvalue weighted by Gasteiger charge is -2.22. The molecule has 0 saturated carbocycles. The van der Waals surface area contributed by atoms with Gasteiger partial charge >= 0.3 is 12.1 Å². The highest BCUT2D eigenvalue weighted by Gasteiger charge is 2.46. The number of aliphatic hydroxyl groups excluding tert-OH is 2. The standard InChI is InChI=1S/C18H23F3N6O6/c1-8(2)15(30)26-13-10-14(24-6-23-13)27(7-25-10)16-12(11(29)9(5-28)33-16)32-4-3-22-17(31)18(19,20)21/h6-9,11-12,16,28-29H,3-5H2,1-2H3,(H,22,31)(H,23,24,26,30)/t9-,11-,12-,16-/m1/s1. The van der Waals surface area contributed by atoms with E-state index in [1.165, 1.54) is 17.2 Å². The Balaban J connectivity index is 1.79. The predicted octanol–water partition coefficient (Wildman–Crippen LogP) is -0.265. The summed E-state index contributed by atoms with van der Waals surface area (Å²) in [6.07, 6.45) is -7.12. The zero-order valence-electron chi connectivity index (χ0n) is 17.6. The van der Waals surface area contributed by atoms with Crippen LogP contribution in [0.15, 0.2) is 12.7 Å². The maximum absolute atomic E-state index is 12.3. The van der Waals surface area contributed by atoms with E-state index in [1.807, 2.05) is 0 Å². The number of nitrogens with one attached hydrogen (secondary N) is 2. The van der Waals surface area contributed by atoms with E-state index in [-0.39, 0.29) is 35.4 Å². The molecule has 0 unspecified atom stereocenters. The zero-order valence-corrected chi connectivity index (χ0v) is 17.6. The third kappa shape index (κ3) is 5.38. The fourth-order valence-corrected chi connectivity index (χ4v) is 3.12. The Bertz CT molecular complexity index is 1000. The number of alkyl halides is 3. The molecule has 1 aliphatic rings. The molecule has 0 spiro atoms. The normalized spacial score (nSPS) is 23.3. The molecule has 1 aliphatic heterocycles. The number of aliphatic hydroxyl groups is 2. The Hall–Kier alpha value is -2.88. The van der Waals surface area contributed by atoms with E-state index in [4.69, 9.17) is 9.47 Å². The van der Waals surface area contributed by atoms with Gasteiger partial charge in [-0.05, 0) is 0 Å². The summed E-state index contributed by atoms with van der Waals surface area (Å²) in [5.41, 5.74) is 0.451. The predicted molar refractivity (Wildman–Crippen MR) is 105 cm³/mol. The van der Waals surface area contributed by atoms with Crippen LogP contribution in [0.4, 0.5) is 19.0 Å². The van der Waals surface area contributed by atoms with E-state index in [2.05, 4.69) is 20.3 Å². The largest absolute Gasteiger partial charge is 0.471 e. The van der Waals surface area contributed by atoms with Crippen LogP contribution >= 0.6 is 0 Å². The van der Waals surface area contributed by atoms with Crippen LogP contribution < -0.4 is 10.6 Å². The Morgan fingerprint density at radius 2 is 2.03 bits per heavy atom. The number of carbonyl (C=O) groups is 2. The lowest BCUT2D eigenvalue weighted by molar-refractivity contribution is -0.174. The summed E-state index contributed by atoms with van der Waals surface area (Å²) in [5.74, 6) is -2.57. The third-order valence-corrected chi connectivity index (χ3v) is 4.85. The topological polar surface area (TPSA) is 161 Å². The number of amides is 2. The van der Waals surface area contributed by atoms with Crippen molar-refractivity contribution in [3.05, 3.63) is 12.7 Å². The van der Waals surface area contributed by atoms with E-state index < -0.39 is 49.8 Å². The van der Waals surface area contributed by atoms with Crippen molar-refractivity contribution in [1.29, 1.82) is 0 Å². The maximum atomic E-state index is 12.3. The van der Waals surface area contributed by atoms with Crippen molar-refractivity contribution in [2.24, 2.45) is 5.92 Å². The molecule has 4 atom stereocenters. The van der Waals surface area contributed by atoms with Gasteiger partial charge in [-0.3, -0.25) is 14.2 Å². The number of anilines is 1. The van der Waals surface area contributed by atoms with Gasteiger partial charge in [0.2, 0.25) is 5.91 Å². The van der Waals surface area contributed by atoms with E-state index in [1.54, 1.807) is 19.2 Å². The number of aromatic nitrogens is 4. The summed E-state index contributed by atoms with van der Waals surface area (Å²) in [5, 5.41) is 24.2. The van der Waals surface area contributed by atoms with E-state index in [9.17, 15) is 33.0 Å². The fraction of sp³-hybridized carbons (Fsp3) is 0.611. The number of nitrogens with zero attached hydrogens (tertiary/aromatic N) is 4. The number of hydrogen-bond donors (Lipinski definition) is 4. The summed E-state index contributed by atoms with van der Waals surface area (Å²) in [7, 11) is 0. The number of fused-ring (bicyclic) bond motifs is 1. The summed E-state index contributed by atoms with van der Waals surface area (Å²) in [6, 6.07) is 0. The molecule has 3 rings (SSSR count). The Kier molecular flexibility index (Phi) is 7.46. The molecule has 3 heterocycles. The monoisotopic (exact) mass is 476 g/mol. The molecule has 0 bridgehead atoms. The van der Waals surface area contributed by atoms with Crippen molar-refractivity contribution < 1.29 is 42.4 Å². The van der Waals surface area contributed by atoms with Gasteiger partial charge < -0.3 is 30.3 Å². The zero-order chi connectivity index (χ0) is 24.3. The van der Waals surface area contributed by atoms with Crippen molar-refractivity contribution in [2.45, 2.75) is 44.6 Å². The van der Waals surface area contributed by atoms with Gasteiger partial charge in [-0.25, -0.2) is 15.0 Å². The minimum atomic E-state index is -5.03. The molecule has 12 nitrogen and oxygen atoms in total. The van der Waals surface area contributed by atoms with Gasteiger partial charge in [0.25, 0.3) is 0 Å². The van der Waals surface area contributed by atoms with Gasteiger partial charge in [0.1, 0.15) is 24.6 Å². The molecule has 182 valence electrons. The summed E-state index contributed by atoms with van der Waals surface area (Å²) in [6.45, 7) is 2.00. The first-order valence-electron chi connectivity index (χ1n) is 9.94. The van der Waals surface area contributed by atoms with Gasteiger partial charge in [-0.15, -0.1) is 0 Å². The maximum Gasteiger partial charge on any atom is 0.471 e. The molecular formula is C18H23F3N6O6. The molecule has 0 aliphatic carbocycles. The second kappa shape index (κ2) is 9.94. The van der Waals surface area contributed by atoms with Crippen LogP contribution in [0.1, 0.15) is 20.1 Å². The third-order valence-electron chi connectivity index (χ3n) is 4.85. The molecule has 0 radical (unpaired) electrons. The first-order chi connectivity index (χ1) is 15.5. The lowest BCUT2D eigenvalue weighted by Crippen LogP contribution is -2.40. The number of carbonyl (C=O) groups excluding carboxylic acids is 2. The quantitative estimate of drug-likeness (QED) is 0.376. The van der Waals surface area contributed by atoms with Crippen LogP contribution in [0, 0.1) is 5.92 Å². The number of ether oxygens (including phenoxy) is 2. The molecular weight excluding hydrogens is 453 g/mol. The second-order valence-corrected chi connectivity index (χ2v) is 7.52. The van der Waals surface area contributed by atoms with Gasteiger partial charge in [-0.2, -0.15) is 13.2 Å². The number of imidazole rings is 1. The molecule has 1 fully saturated rings. The minimum Gasteiger partial charge on any atom is -0.394 e. The van der Waals surface area contributed by atoms with Crippen LogP contribution in [-0.2, 0) is 19.1 Å². The minimum absolute atomic E-state index is 0.155. The molecule has 4 N–H and O–H groups in total. The SMILES string of the molecule is CC(C)C(=O)Nc1ncnc2c1ncn2[C@@H]1O[C@H](CO)[C@@H](O)[C@H]1OCCNC(=O)C(F)(F)F. The number of rotatable bonds is 8. The smallest absolute Gasteiger partial charge is 0.394 e. The lowest BCUT2D eigenvalue weighted by atomic mass is 10.1. The number of hydrogen-bond acceptors (Lipinski definition) is 9. The Morgan fingerprint density at radius 1 is 1.30 bits per heavy atom. The molecule has 0 aromatic carbocycles. The second-order valence-electron chi connectivity index (χ2n) is 7.52. The van der Waals surface area contributed by atoms with Crippen molar-refractivity contribution in [3.63, 3.8) is 0 Å². The van der Waals surface area contributed by atoms with Crippen molar-refractivity contribution in [2.75, 3.05) is 25.1 Å². The van der Waals surface area contributed by atoms with Crippen molar-refractivity contribution >= 4 is 28.8 Å². The van der Waals surface area contributed by atoms with Gasteiger partial charge in [0, 0.05) is 12.5 Å². The molecule has 2 amide bonds. The van der Waals surface area contributed by atoms with Gasteiger partial charge in [0.05, 0.1) is 19.5 Å². The van der Waals surface area contributed by atoms with Crippen molar-refractivity contribution in [3.8, 4) is 0 Å². The summed E-state index contributed by atoms with van der Waals surface area (Å²) >= 11 is 0.